The highest BCUT2D eigenvalue weighted by molar-refractivity contribution is 5.68. The van der Waals surface area contributed by atoms with E-state index in [4.69, 9.17) is 10.00 Å². The number of alkyl carbamates (subject to hydrolysis) is 1. The molecule has 1 aliphatic rings. The first-order chi connectivity index (χ1) is 13.2. The Morgan fingerprint density at radius 1 is 1.36 bits per heavy atom. The summed E-state index contributed by atoms with van der Waals surface area (Å²) in [6.07, 6.45) is 2.36. The molecule has 2 atom stereocenters. The summed E-state index contributed by atoms with van der Waals surface area (Å²) in [6, 6.07) is 7.61. The van der Waals surface area contributed by atoms with Crippen molar-refractivity contribution < 1.29 is 9.53 Å². The van der Waals surface area contributed by atoms with E-state index in [0.717, 1.165) is 36.3 Å². The van der Waals surface area contributed by atoms with Crippen LogP contribution in [-0.4, -0.2) is 32.9 Å². The Balaban J connectivity index is 1.57. The maximum Gasteiger partial charge on any atom is 0.407 e. The van der Waals surface area contributed by atoms with Crippen LogP contribution in [0.25, 0.3) is 0 Å². The van der Waals surface area contributed by atoms with Crippen LogP contribution in [0.4, 0.5) is 16.3 Å². The molecule has 0 unspecified atom stereocenters. The fourth-order valence-corrected chi connectivity index (χ4v) is 3.37. The van der Waals surface area contributed by atoms with Crippen LogP contribution in [0.1, 0.15) is 63.0 Å². The summed E-state index contributed by atoms with van der Waals surface area (Å²) in [4.78, 5) is 16.2. The molecule has 2 aromatic rings. The molecule has 3 N–H and O–H groups in total. The van der Waals surface area contributed by atoms with Gasteiger partial charge in [0.15, 0.2) is 5.82 Å². The quantitative estimate of drug-likeness (QED) is 0.739. The Morgan fingerprint density at radius 2 is 2.14 bits per heavy atom. The van der Waals surface area contributed by atoms with Crippen LogP contribution in [-0.2, 0) is 4.74 Å². The lowest BCUT2D eigenvalue weighted by atomic mass is 10.0. The molecule has 1 saturated carbocycles. The zero-order valence-electron chi connectivity index (χ0n) is 16.7. The molecule has 8 heteroatoms. The maximum atomic E-state index is 12.0. The van der Waals surface area contributed by atoms with Gasteiger partial charge in [0.05, 0.1) is 11.4 Å². The molecule has 1 amide bonds. The Morgan fingerprint density at radius 3 is 2.82 bits per heavy atom. The van der Waals surface area contributed by atoms with Gasteiger partial charge in [-0.05, 0) is 59.1 Å². The van der Waals surface area contributed by atoms with Gasteiger partial charge in [0.2, 0.25) is 0 Å². The fourth-order valence-electron chi connectivity index (χ4n) is 3.37. The first kappa shape index (κ1) is 19.7. The number of hydrogen-bond donors (Lipinski definition) is 3. The van der Waals surface area contributed by atoms with Crippen molar-refractivity contribution >= 4 is 17.6 Å². The van der Waals surface area contributed by atoms with E-state index >= 15 is 0 Å². The normalized spacial score (nSPS) is 19.1. The molecule has 2 aromatic heterocycles. The Bertz CT molecular complexity index is 893. The number of hydrogen-bond acceptors (Lipinski definition) is 6. The van der Waals surface area contributed by atoms with Gasteiger partial charge in [-0.15, -0.1) is 0 Å². The van der Waals surface area contributed by atoms with Gasteiger partial charge in [-0.3, -0.25) is 5.10 Å². The van der Waals surface area contributed by atoms with Crippen molar-refractivity contribution in [3.63, 3.8) is 0 Å². The van der Waals surface area contributed by atoms with Gasteiger partial charge in [0.1, 0.15) is 17.4 Å². The van der Waals surface area contributed by atoms with Gasteiger partial charge in [-0.1, -0.05) is 0 Å². The predicted octanol–water partition coefficient (Wildman–Crippen LogP) is 3.89. The minimum absolute atomic E-state index is 0.101. The number of pyridine rings is 1. The highest BCUT2D eigenvalue weighted by Crippen LogP contribution is 2.34. The van der Waals surface area contributed by atoms with Crippen molar-refractivity contribution in [3.05, 3.63) is 35.3 Å². The molecule has 8 nitrogen and oxygen atoms in total. The number of nitrogens with one attached hydrogen (secondary N) is 3. The summed E-state index contributed by atoms with van der Waals surface area (Å²) in [7, 11) is 0. The van der Waals surface area contributed by atoms with E-state index in [1.54, 1.807) is 6.07 Å². The number of nitrogens with zero attached hydrogens (tertiary/aromatic N) is 3. The van der Waals surface area contributed by atoms with Crippen molar-refractivity contribution in [2.24, 2.45) is 0 Å². The molecule has 1 aliphatic carbocycles. The molecule has 0 saturated heterocycles. The number of H-pyrrole nitrogens is 1. The Hall–Kier alpha value is -3.08. The lowest BCUT2D eigenvalue weighted by molar-refractivity contribution is 0.0505. The van der Waals surface area contributed by atoms with Crippen LogP contribution in [0, 0.1) is 18.3 Å². The van der Waals surface area contributed by atoms with E-state index in [1.165, 1.54) is 0 Å². The predicted molar refractivity (Wildman–Crippen MR) is 105 cm³/mol. The van der Waals surface area contributed by atoms with Crippen molar-refractivity contribution in [3.8, 4) is 6.07 Å². The largest absolute Gasteiger partial charge is 0.444 e. The number of nitriles is 1. The standard InChI is InChI=1S/C20H26N6O2/c1-12-16(8-7-15(11-21)22-12)24-18-10-17(25-26-18)13-5-6-14(9-13)23-19(27)28-20(2,3)4/h7-8,10,13-14H,5-6,9H2,1-4H3,(H,23,27)(H2,24,25,26)/t13-,14+/m0/s1. The summed E-state index contributed by atoms with van der Waals surface area (Å²) < 4.78 is 5.33. The van der Waals surface area contributed by atoms with Gasteiger partial charge >= 0.3 is 6.09 Å². The van der Waals surface area contributed by atoms with Gasteiger partial charge < -0.3 is 15.4 Å². The maximum absolute atomic E-state index is 12.0. The molecule has 0 aliphatic heterocycles. The summed E-state index contributed by atoms with van der Waals surface area (Å²) >= 11 is 0. The third-order valence-corrected chi connectivity index (χ3v) is 4.65. The number of ether oxygens (including phenoxy) is 1. The molecule has 0 aromatic carbocycles. The third kappa shape index (κ3) is 5.00. The molecule has 3 rings (SSSR count). The highest BCUT2D eigenvalue weighted by atomic mass is 16.6. The summed E-state index contributed by atoms with van der Waals surface area (Å²) in [5.74, 6) is 1.01. The number of rotatable bonds is 4. The lowest BCUT2D eigenvalue weighted by Gasteiger charge is -2.21. The van der Waals surface area contributed by atoms with E-state index in [9.17, 15) is 4.79 Å². The fraction of sp³-hybridized carbons (Fsp3) is 0.500. The average molecular weight is 382 g/mol. The monoisotopic (exact) mass is 382 g/mol. The number of carbonyl (C=O) groups is 1. The van der Waals surface area contributed by atoms with Crippen LogP contribution in [0.5, 0.6) is 0 Å². The third-order valence-electron chi connectivity index (χ3n) is 4.65. The van der Waals surface area contributed by atoms with Crippen LogP contribution in [0.3, 0.4) is 0 Å². The van der Waals surface area contributed by atoms with Crippen molar-refractivity contribution in [2.75, 3.05) is 5.32 Å². The van der Waals surface area contributed by atoms with Crippen molar-refractivity contribution in [2.45, 2.75) is 64.5 Å². The second kappa shape index (κ2) is 7.89. The number of aromatic amines is 1. The minimum Gasteiger partial charge on any atom is -0.444 e. The molecule has 1 fully saturated rings. The van der Waals surface area contributed by atoms with Crippen LogP contribution in [0.15, 0.2) is 18.2 Å². The van der Waals surface area contributed by atoms with E-state index < -0.39 is 5.60 Å². The number of aromatic nitrogens is 3. The number of aryl methyl sites for hydroxylation is 1. The van der Waals surface area contributed by atoms with Gasteiger partial charge in [-0.2, -0.15) is 10.4 Å². The number of carbonyl (C=O) groups excluding carboxylic acids is 1. The Kier molecular flexibility index (Phi) is 5.54. The van der Waals surface area contributed by atoms with E-state index in [2.05, 4.69) is 25.8 Å². The van der Waals surface area contributed by atoms with E-state index in [-0.39, 0.29) is 12.1 Å². The van der Waals surface area contributed by atoms with Crippen LogP contribution >= 0.6 is 0 Å². The average Bonchev–Trinajstić information content (AvgIpc) is 3.24. The van der Waals surface area contributed by atoms with E-state index in [0.29, 0.717) is 17.4 Å². The molecule has 0 spiro atoms. The summed E-state index contributed by atoms with van der Waals surface area (Å²) in [5, 5.41) is 22.5. The van der Waals surface area contributed by atoms with Gasteiger partial charge in [0, 0.05) is 23.7 Å². The van der Waals surface area contributed by atoms with Crippen LogP contribution < -0.4 is 10.6 Å². The first-order valence-electron chi connectivity index (χ1n) is 9.43. The molecule has 0 bridgehead atoms. The lowest BCUT2D eigenvalue weighted by Crippen LogP contribution is -2.37. The molecular formula is C20H26N6O2. The van der Waals surface area contributed by atoms with Gasteiger partial charge in [-0.25, -0.2) is 9.78 Å². The van der Waals surface area contributed by atoms with E-state index in [1.807, 2.05) is 45.9 Å². The molecule has 148 valence electrons. The molecule has 0 radical (unpaired) electrons. The second-order valence-electron chi connectivity index (χ2n) is 8.13. The zero-order chi connectivity index (χ0) is 20.3. The topological polar surface area (TPSA) is 116 Å². The number of amides is 1. The molecule has 28 heavy (non-hydrogen) atoms. The molecule has 2 heterocycles. The van der Waals surface area contributed by atoms with Crippen LogP contribution in [0.2, 0.25) is 0 Å². The SMILES string of the molecule is Cc1nc(C#N)ccc1Nc1cc([C@H]2CC[C@@H](NC(=O)OC(C)(C)C)C2)[nH]n1. The smallest absolute Gasteiger partial charge is 0.407 e. The van der Waals surface area contributed by atoms with Gasteiger partial charge in [0.25, 0.3) is 0 Å². The zero-order valence-corrected chi connectivity index (χ0v) is 16.7. The minimum atomic E-state index is -0.496. The molecular weight excluding hydrogens is 356 g/mol. The van der Waals surface area contributed by atoms with Crippen molar-refractivity contribution in [1.29, 1.82) is 5.26 Å². The second-order valence-corrected chi connectivity index (χ2v) is 8.13. The highest BCUT2D eigenvalue weighted by Gasteiger charge is 2.29. The summed E-state index contributed by atoms with van der Waals surface area (Å²) in [5.41, 5.74) is 2.49. The number of anilines is 2. The Labute approximate surface area is 164 Å². The van der Waals surface area contributed by atoms with Crippen molar-refractivity contribution in [1.82, 2.24) is 20.5 Å². The first-order valence-corrected chi connectivity index (χ1v) is 9.43. The summed E-state index contributed by atoms with van der Waals surface area (Å²) in [6.45, 7) is 7.41.